The zero-order chi connectivity index (χ0) is 29.3. The highest BCUT2D eigenvalue weighted by Gasteiger charge is 2.17. The molecule has 2 aromatic carbocycles. The summed E-state index contributed by atoms with van der Waals surface area (Å²) in [6.07, 6.45) is 17.5. The Labute approximate surface area is 268 Å². The summed E-state index contributed by atoms with van der Waals surface area (Å²) in [7, 11) is 0. The molecular weight excluding hydrogens is 610 g/mol. The summed E-state index contributed by atoms with van der Waals surface area (Å²) in [6, 6.07) is 12.8. The van der Waals surface area contributed by atoms with Gasteiger partial charge in [0.05, 0.1) is 23.7 Å². The van der Waals surface area contributed by atoms with Crippen LogP contribution in [-0.2, 0) is 6.54 Å². The quantitative estimate of drug-likeness (QED) is 0.116. The van der Waals surface area contributed by atoms with Crippen molar-refractivity contribution >= 4 is 51.9 Å². The van der Waals surface area contributed by atoms with Gasteiger partial charge in [0, 0.05) is 18.4 Å². The fourth-order valence-corrected chi connectivity index (χ4v) is 5.83. The number of hydrogen-bond acceptors (Lipinski definition) is 5. The van der Waals surface area contributed by atoms with Crippen molar-refractivity contribution < 1.29 is 14.3 Å². The van der Waals surface area contributed by atoms with Crippen LogP contribution in [0, 0.1) is 0 Å². The molecule has 0 aromatic heterocycles. The third-order valence-electron chi connectivity index (χ3n) is 7.35. The second kappa shape index (κ2) is 20.5. The van der Waals surface area contributed by atoms with Crippen molar-refractivity contribution in [1.82, 2.24) is 4.90 Å². The highest BCUT2D eigenvalue weighted by atomic mass is 79.9. The largest absolute Gasteiger partial charge is 0.491 e. The number of nitrogens with one attached hydrogen (secondary N) is 2. The number of unbranched alkanes of at least 4 members (excludes halogenated alkanes) is 11. The van der Waals surface area contributed by atoms with Gasteiger partial charge in [-0.25, -0.2) is 4.79 Å². The number of halogens is 1. The zero-order valence-corrected chi connectivity index (χ0v) is 28.2. The third-order valence-corrected chi connectivity index (χ3v) is 8.37. The van der Waals surface area contributed by atoms with E-state index >= 15 is 0 Å². The van der Waals surface area contributed by atoms with Gasteiger partial charge in [0.2, 0.25) is 0 Å². The number of allylic oxidation sites excluding steroid dienone is 1. The van der Waals surface area contributed by atoms with Gasteiger partial charge in [0.15, 0.2) is 11.5 Å². The maximum atomic E-state index is 13.1. The van der Waals surface area contributed by atoms with Crippen LogP contribution in [0.4, 0.5) is 16.2 Å². The van der Waals surface area contributed by atoms with E-state index in [1.54, 1.807) is 18.2 Å². The zero-order valence-electron chi connectivity index (χ0n) is 25.7. The van der Waals surface area contributed by atoms with E-state index in [0.717, 1.165) is 30.0 Å². The smallest absolute Gasteiger partial charge is 0.323 e. The minimum atomic E-state index is -0.365. The molecule has 0 spiro atoms. The number of benzene rings is 2. The predicted molar refractivity (Wildman–Crippen MR) is 184 cm³/mol. The third kappa shape index (κ3) is 12.8. The van der Waals surface area contributed by atoms with Gasteiger partial charge in [0.1, 0.15) is 0 Å². The van der Waals surface area contributed by atoms with Crippen molar-refractivity contribution in [1.29, 1.82) is 0 Å². The molecule has 1 aliphatic heterocycles. The molecule has 0 saturated heterocycles. The molecule has 1 heterocycles. The standard InChI is InChI=1S/C34H49N3O3S.BrH/c1-4-5-6-7-8-9-10-11-12-13-14-17-23-40-33-30(28(3)38)20-18-22-32(33)36-34(39)35-31-21-16-15-19-29(31)25-37-24-27(2)41-26-37;/h15-16,18-22,24H,4-14,17,23,25-26H2,1-3H3,(H2,35,36,39);1H. The Balaban J connectivity index is 0.00000616. The molecular formula is C34H50BrN3O3S. The van der Waals surface area contributed by atoms with E-state index in [2.05, 4.69) is 35.6 Å². The number of amides is 2. The number of ketones is 1. The molecule has 6 nitrogen and oxygen atoms in total. The van der Waals surface area contributed by atoms with Gasteiger partial charge in [-0.1, -0.05) is 102 Å². The lowest BCUT2D eigenvalue weighted by atomic mass is 10.1. The normalized spacial score (nSPS) is 12.5. The van der Waals surface area contributed by atoms with E-state index in [4.69, 9.17) is 4.74 Å². The van der Waals surface area contributed by atoms with Crippen LogP contribution in [0.3, 0.4) is 0 Å². The van der Waals surface area contributed by atoms with E-state index in [1.165, 1.54) is 76.0 Å². The van der Waals surface area contributed by atoms with Crippen LogP contribution in [0.1, 0.15) is 114 Å². The number of rotatable bonds is 19. The molecule has 0 bridgehead atoms. The Morgan fingerprint density at radius 2 is 1.43 bits per heavy atom. The Morgan fingerprint density at radius 1 is 0.833 bits per heavy atom. The molecule has 232 valence electrons. The molecule has 2 amide bonds. The number of thioether (sulfide) groups is 1. The Hall–Kier alpha value is -2.45. The fraction of sp³-hybridized carbons (Fsp3) is 0.529. The van der Waals surface area contributed by atoms with Crippen molar-refractivity contribution in [3.05, 3.63) is 64.7 Å². The van der Waals surface area contributed by atoms with Crippen molar-refractivity contribution in [2.24, 2.45) is 0 Å². The van der Waals surface area contributed by atoms with Crippen LogP contribution in [0.5, 0.6) is 5.75 Å². The molecule has 2 N–H and O–H groups in total. The Morgan fingerprint density at radius 3 is 2.05 bits per heavy atom. The number of urea groups is 1. The topological polar surface area (TPSA) is 70.7 Å². The molecule has 42 heavy (non-hydrogen) atoms. The SMILES string of the molecule is Br.CCCCCCCCCCCCCCOc1c(NC(=O)Nc2ccccc2CN2C=C(C)SC2)cccc1C(C)=O. The van der Waals surface area contributed by atoms with Crippen LogP contribution in [0.25, 0.3) is 0 Å². The molecule has 8 heteroatoms. The van der Waals surface area contributed by atoms with Gasteiger partial charge in [-0.05, 0) is 48.9 Å². The second-order valence-corrected chi connectivity index (χ2v) is 12.2. The lowest BCUT2D eigenvalue weighted by Gasteiger charge is -2.19. The summed E-state index contributed by atoms with van der Waals surface area (Å²) in [5, 5.41) is 5.91. The summed E-state index contributed by atoms with van der Waals surface area (Å²) >= 11 is 1.81. The average Bonchev–Trinajstić information content (AvgIpc) is 3.37. The van der Waals surface area contributed by atoms with E-state index in [0.29, 0.717) is 30.2 Å². The average molecular weight is 661 g/mol. The molecule has 0 radical (unpaired) electrons. The molecule has 0 aliphatic carbocycles. The minimum Gasteiger partial charge on any atom is -0.491 e. The highest BCUT2D eigenvalue weighted by Crippen LogP contribution is 2.31. The summed E-state index contributed by atoms with van der Waals surface area (Å²) in [5.41, 5.74) is 2.78. The summed E-state index contributed by atoms with van der Waals surface area (Å²) in [6.45, 7) is 7.13. The Bertz CT molecular complexity index is 1140. The summed E-state index contributed by atoms with van der Waals surface area (Å²) in [5.74, 6) is 1.27. The number of carbonyl (C=O) groups excluding carboxylic acids is 2. The van der Waals surface area contributed by atoms with Crippen LogP contribution in [0.2, 0.25) is 0 Å². The molecule has 0 saturated carbocycles. The lowest BCUT2D eigenvalue weighted by Crippen LogP contribution is -2.22. The minimum absolute atomic E-state index is 0. The molecule has 1 aliphatic rings. The van der Waals surface area contributed by atoms with Crippen molar-refractivity contribution in [3.8, 4) is 5.75 Å². The first-order chi connectivity index (χ1) is 20.0. The van der Waals surface area contributed by atoms with E-state index in [9.17, 15) is 9.59 Å². The molecule has 0 atom stereocenters. The van der Waals surface area contributed by atoms with Crippen molar-refractivity contribution in [2.75, 3.05) is 23.1 Å². The van der Waals surface area contributed by atoms with Gasteiger partial charge in [-0.2, -0.15) is 0 Å². The Kier molecular flexibility index (Phi) is 17.4. The first-order valence-corrected chi connectivity index (χ1v) is 16.4. The van der Waals surface area contributed by atoms with E-state index in [1.807, 2.05) is 36.0 Å². The van der Waals surface area contributed by atoms with E-state index < -0.39 is 0 Å². The maximum absolute atomic E-state index is 13.1. The van der Waals surface area contributed by atoms with Gasteiger partial charge in [-0.3, -0.25) is 4.79 Å². The van der Waals surface area contributed by atoms with Crippen LogP contribution >= 0.6 is 28.7 Å². The molecule has 3 rings (SSSR count). The van der Waals surface area contributed by atoms with Gasteiger partial charge in [0.25, 0.3) is 0 Å². The van der Waals surface area contributed by atoms with Gasteiger partial charge >= 0.3 is 6.03 Å². The molecule has 2 aromatic rings. The lowest BCUT2D eigenvalue weighted by molar-refractivity contribution is 0.101. The van der Waals surface area contributed by atoms with Crippen LogP contribution < -0.4 is 15.4 Å². The van der Waals surface area contributed by atoms with Crippen LogP contribution in [-0.4, -0.2) is 29.2 Å². The first kappa shape index (κ1) is 35.7. The van der Waals surface area contributed by atoms with Crippen molar-refractivity contribution in [3.63, 3.8) is 0 Å². The fourth-order valence-electron chi connectivity index (χ4n) is 5.07. The highest BCUT2D eigenvalue weighted by molar-refractivity contribution is 8.93. The van der Waals surface area contributed by atoms with E-state index in [-0.39, 0.29) is 28.8 Å². The number of ether oxygens (including phenoxy) is 1. The molecule has 0 unspecified atom stereocenters. The van der Waals surface area contributed by atoms with Crippen molar-refractivity contribution in [2.45, 2.75) is 104 Å². The van der Waals surface area contributed by atoms with Crippen LogP contribution in [0.15, 0.2) is 53.6 Å². The number of para-hydroxylation sites is 2. The number of carbonyl (C=O) groups is 2. The number of anilines is 2. The van der Waals surface area contributed by atoms with Gasteiger partial charge < -0.3 is 20.3 Å². The monoisotopic (exact) mass is 659 g/mol. The first-order valence-electron chi connectivity index (χ1n) is 15.5. The summed E-state index contributed by atoms with van der Waals surface area (Å²) in [4.78, 5) is 28.9. The molecule has 0 fully saturated rings. The summed E-state index contributed by atoms with van der Waals surface area (Å²) < 4.78 is 6.12. The predicted octanol–water partition coefficient (Wildman–Crippen LogP) is 10.6. The second-order valence-electron chi connectivity index (χ2n) is 11.0. The maximum Gasteiger partial charge on any atom is 0.323 e. The number of Topliss-reactive ketones (excluding diaryl/α,β-unsaturated/α-hetero) is 1. The number of hydrogen-bond donors (Lipinski definition) is 2. The van der Waals surface area contributed by atoms with Gasteiger partial charge in [-0.15, -0.1) is 28.7 Å². The number of nitrogens with zero attached hydrogens (tertiary/aromatic N) is 1.